The number of ether oxygens (including phenoxy) is 1. The van der Waals surface area contributed by atoms with E-state index in [0.717, 1.165) is 17.7 Å². The minimum atomic E-state index is -0.406. The molecule has 5 heteroatoms. The number of aromatic amines is 1. The SMILES string of the molecule is Nc1nc(=O)[nH]c2c1CCOC2. The fraction of sp³-hybridized carbons (Fsp3) is 0.429. The number of rotatable bonds is 0. The van der Waals surface area contributed by atoms with E-state index in [1.165, 1.54) is 0 Å². The van der Waals surface area contributed by atoms with Gasteiger partial charge in [-0.3, -0.25) is 0 Å². The molecule has 0 amide bonds. The quantitative estimate of drug-likeness (QED) is 0.542. The Morgan fingerprint density at radius 2 is 2.42 bits per heavy atom. The Hall–Kier alpha value is -1.36. The Kier molecular flexibility index (Phi) is 1.58. The molecule has 5 nitrogen and oxygen atoms in total. The van der Waals surface area contributed by atoms with Gasteiger partial charge in [-0.15, -0.1) is 0 Å². The Labute approximate surface area is 68.6 Å². The maximum absolute atomic E-state index is 10.9. The number of nitrogens with two attached hydrogens (primary N) is 1. The van der Waals surface area contributed by atoms with Crippen molar-refractivity contribution in [3.05, 3.63) is 21.7 Å². The standard InChI is InChI=1S/C7H9N3O2/c8-6-4-1-2-12-3-5(4)9-7(11)10-6/h1-3H2,(H3,8,9,10,11). The summed E-state index contributed by atoms with van der Waals surface area (Å²) in [5, 5.41) is 0. The molecule has 1 aromatic rings. The van der Waals surface area contributed by atoms with Gasteiger partial charge >= 0.3 is 5.69 Å². The van der Waals surface area contributed by atoms with E-state index in [-0.39, 0.29) is 0 Å². The van der Waals surface area contributed by atoms with Crippen molar-refractivity contribution >= 4 is 5.82 Å². The smallest absolute Gasteiger partial charge is 0.347 e. The van der Waals surface area contributed by atoms with Crippen molar-refractivity contribution < 1.29 is 4.74 Å². The van der Waals surface area contributed by atoms with E-state index in [0.29, 0.717) is 19.0 Å². The molecule has 12 heavy (non-hydrogen) atoms. The fourth-order valence-corrected chi connectivity index (χ4v) is 1.31. The number of hydrogen-bond acceptors (Lipinski definition) is 4. The summed E-state index contributed by atoms with van der Waals surface area (Å²) in [5.41, 5.74) is 6.83. The molecule has 0 radical (unpaired) electrons. The molecule has 0 bridgehead atoms. The summed E-state index contributed by atoms with van der Waals surface area (Å²) < 4.78 is 5.15. The molecule has 0 atom stereocenters. The molecule has 2 heterocycles. The van der Waals surface area contributed by atoms with Crippen LogP contribution in [0.3, 0.4) is 0 Å². The van der Waals surface area contributed by atoms with Crippen LogP contribution in [0.4, 0.5) is 5.82 Å². The van der Waals surface area contributed by atoms with Gasteiger partial charge in [-0.2, -0.15) is 4.98 Å². The third-order valence-electron chi connectivity index (χ3n) is 1.90. The maximum atomic E-state index is 10.9. The molecule has 64 valence electrons. The highest BCUT2D eigenvalue weighted by atomic mass is 16.5. The first kappa shape index (κ1) is 7.30. The lowest BCUT2D eigenvalue weighted by atomic mass is 10.1. The number of nitrogens with one attached hydrogen (secondary N) is 1. The van der Waals surface area contributed by atoms with Crippen LogP contribution in [0.25, 0.3) is 0 Å². The Balaban J connectivity index is 2.60. The third-order valence-corrected chi connectivity index (χ3v) is 1.90. The van der Waals surface area contributed by atoms with Crippen molar-refractivity contribution in [2.75, 3.05) is 12.3 Å². The molecule has 0 unspecified atom stereocenters. The average molecular weight is 167 g/mol. The highest BCUT2D eigenvalue weighted by Crippen LogP contribution is 2.16. The largest absolute Gasteiger partial charge is 0.383 e. The van der Waals surface area contributed by atoms with Gasteiger partial charge in [0.05, 0.1) is 18.9 Å². The van der Waals surface area contributed by atoms with Crippen molar-refractivity contribution in [3.8, 4) is 0 Å². The number of nitrogens with zero attached hydrogens (tertiary/aromatic N) is 1. The summed E-state index contributed by atoms with van der Waals surface area (Å²) in [6, 6.07) is 0. The summed E-state index contributed by atoms with van der Waals surface area (Å²) in [6.45, 7) is 1.07. The number of hydrogen-bond donors (Lipinski definition) is 2. The zero-order chi connectivity index (χ0) is 8.55. The van der Waals surface area contributed by atoms with E-state index < -0.39 is 5.69 Å². The molecule has 0 spiro atoms. The van der Waals surface area contributed by atoms with Gasteiger partial charge in [0.2, 0.25) is 0 Å². The second-order valence-electron chi connectivity index (χ2n) is 2.69. The van der Waals surface area contributed by atoms with E-state index in [9.17, 15) is 4.79 Å². The summed E-state index contributed by atoms with van der Waals surface area (Å²) in [7, 11) is 0. The first-order valence-corrected chi connectivity index (χ1v) is 3.72. The second-order valence-corrected chi connectivity index (χ2v) is 2.69. The molecule has 0 aromatic carbocycles. The monoisotopic (exact) mass is 167 g/mol. The molecule has 3 N–H and O–H groups in total. The van der Waals surface area contributed by atoms with Crippen LogP contribution in [-0.2, 0) is 17.8 Å². The summed E-state index contributed by atoms with van der Waals surface area (Å²) in [6.07, 6.45) is 0.727. The Morgan fingerprint density at radius 1 is 1.58 bits per heavy atom. The van der Waals surface area contributed by atoms with Gasteiger partial charge in [-0.05, 0) is 0 Å². The van der Waals surface area contributed by atoms with Crippen molar-refractivity contribution in [1.82, 2.24) is 9.97 Å². The number of H-pyrrole nitrogens is 1. The zero-order valence-electron chi connectivity index (χ0n) is 6.46. The summed E-state index contributed by atoms with van der Waals surface area (Å²) in [4.78, 5) is 17.1. The molecule has 0 saturated heterocycles. The highest BCUT2D eigenvalue weighted by molar-refractivity contribution is 5.41. The molecular weight excluding hydrogens is 158 g/mol. The predicted molar refractivity (Wildman–Crippen MR) is 42.6 cm³/mol. The number of nitrogen functional groups attached to an aromatic ring is 1. The van der Waals surface area contributed by atoms with E-state index in [4.69, 9.17) is 10.5 Å². The van der Waals surface area contributed by atoms with Crippen LogP contribution >= 0.6 is 0 Å². The molecular formula is C7H9N3O2. The zero-order valence-corrected chi connectivity index (χ0v) is 6.46. The maximum Gasteiger partial charge on any atom is 0.347 e. The second kappa shape index (κ2) is 2.60. The average Bonchev–Trinajstić information content (AvgIpc) is 2.04. The minimum absolute atomic E-state index is 0.331. The van der Waals surface area contributed by atoms with Crippen molar-refractivity contribution in [3.63, 3.8) is 0 Å². The topological polar surface area (TPSA) is 81.0 Å². The predicted octanol–water partition coefficient (Wildman–Crippen LogP) is -0.575. The molecule has 2 rings (SSSR count). The lowest BCUT2D eigenvalue weighted by Gasteiger charge is -2.16. The number of anilines is 1. The molecule has 0 saturated carbocycles. The van der Waals surface area contributed by atoms with Crippen LogP contribution < -0.4 is 11.4 Å². The molecule has 0 fully saturated rings. The van der Waals surface area contributed by atoms with E-state index in [2.05, 4.69) is 9.97 Å². The van der Waals surface area contributed by atoms with E-state index in [1.54, 1.807) is 0 Å². The first-order valence-electron chi connectivity index (χ1n) is 3.72. The molecule has 1 aliphatic rings. The van der Waals surface area contributed by atoms with Crippen LogP contribution in [-0.4, -0.2) is 16.6 Å². The molecule has 1 aromatic heterocycles. The van der Waals surface area contributed by atoms with Crippen LogP contribution in [0, 0.1) is 0 Å². The Bertz CT molecular complexity index is 358. The van der Waals surface area contributed by atoms with Crippen molar-refractivity contribution in [1.29, 1.82) is 0 Å². The van der Waals surface area contributed by atoms with Gasteiger partial charge in [-0.1, -0.05) is 0 Å². The number of fused-ring (bicyclic) bond motifs is 1. The van der Waals surface area contributed by atoms with Crippen LogP contribution in [0.5, 0.6) is 0 Å². The lowest BCUT2D eigenvalue weighted by Crippen LogP contribution is -2.22. The molecule has 1 aliphatic heterocycles. The van der Waals surface area contributed by atoms with Crippen LogP contribution in [0.2, 0.25) is 0 Å². The van der Waals surface area contributed by atoms with Gasteiger partial charge in [0, 0.05) is 12.0 Å². The third kappa shape index (κ3) is 1.08. The Morgan fingerprint density at radius 3 is 3.25 bits per heavy atom. The van der Waals surface area contributed by atoms with Crippen molar-refractivity contribution in [2.45, 2.75) is 13.0 Å². The minimum Gasteiger partial charge on any atom is -0.383 e. The van der Waals surface area contributed by atoms with Crippen LogP contribution in [0.15, 0.2) is 4.79 Å². The number of aromatic nitrogens is 2. The van der Waals surface area contributed by atoms with Crippen molar-refractivity contribution in [2.24, 2.45) is 0 Å². The van der Waals surface area contributed by atoms with Gasteiger partial charge in [0.1, 0.15) is 5.82 Å². The fourth-order valence-electron chi connectivity index (χ4n) is 1.31. The van der Waals surface area contributed by atoms with E-state index >= 15 is 0 Å². The van der Waals surface area contributed by atoms with Crippen LogP contribution in [0.1, 0.15) is 11.3 Å². The highest BCUT2D eigenvalue weighted by Gasteiger charge is 2.13. The van der Waals surface area contributed by atoms with E-state index in [1.807, 2.05) is 0 Å². The summed E-state index contributed by atoms with van der Waals surface area (Å²) in [5.74, 6) is 0.331. The van der Waals surface area contributed by atoms with Gasteiger partial charge in [-0.25, -0.2) is 4.79 Å². The first-order chi connectivity index (χ1) is 5.77. The lowest BCUT2D eigenvalue weighted by molar-refractivity contribution is 0.107. The normalized spacial score (nSPS) is 15.7. The summed E-state index contributed by atoms with van der Waals surface area (Å²) >= 11 is 0. The van der Waals surface area contributed by atoms with Gasteiger partial charge in [0.15, 0.2) is 0 Å². The molecule has 0 aliphatic carbocycles. The van der Waals surface area contributed by atoms with Gasteiger partial charge in [0.25, 0.3) is 0 Å². The van der Waals surface area contributed by atoms with Gasteiger partial charge < -0.3 is 15.5 Å².